The van der Waals surface area contributed by atoms with Crippen molar-refractivity contribution in [2.75, 3.05) is 17.2 Å². The summed E-state index contributed by atoms with van der Waals surface area (Å²) in [6.45, 7) is 4.97. The Morgan fingerprint density at radius 1 is 1.19 bits per heavy atom. The first-order chi connectivity index (χ1) is 14.6. The van der Waals surface area contributed by atoms with Crippen LogP contribution in [0.25, 0.3) is 11.6 Å². The quantitative estimate of drug-likeness (QED) is 0.674. The van der Waals surface area contributed by atoms with Gasteiger partial charge in [-0.15, -0.1) is 10.2 Å². The van der Waals surface area contributed by atoms with Gasteiger partial charge in [-0.1, -0.05) is 26.7 Å². The molecule has 0 saturated carbocycles. The van der Waals surface area contributed by atoms with Gasteiger partial charge in [0, 0.05) is 12.6 Å². The van der Waals surface area contributed by atoms with Crippen molar-refractivity contribution in [2.24, 2.45) is 0 Å². The zero-order valence-corrected chi connectivity index (χ0v) is 17.7. The van der Waals surface area contributed by atoms with E-state index in [1.54, 1.807) is 6.07 Å². The third kappa shape index (κ3) is 3.86. The van der Waals surface area contributed by atoms with E-state index in [-0.39, 0.29) is 35.7 Å². The number of nitrogens with zero attached hydrogens (tertiary/aromatic N) is 4. The van der Waals surface area contributed by atoms with Crippen LogP contribution in [-0.4, -0.2) is 39.1 Å². The minimum absolute atomic E-state index is 0.144. The Hall–Kier alpha value is -2.36. The van der Waals surface area contributed by atoms with Crippen LogP contribution in [0.4, 0.5) is 24.7 Å². The smallest absolute Gasteiger partial charge is 0.416 e. The highest BCUT2D eigenvalue weighted by Crippen LogP contribution is 2.44. The molecule has 2 aliphatic rings. The van der Waals surface area contributed by atoms with Crippen molar-refractivity contribution in [1.29, 1.82) is 0 Å². The van der Waals surface area contributed by atoms with E-state index in [1.807, 2.05) is 0 Å². The molecule has 170 valence electrons. The molecule has 4 bridgehead atoms. The summed E-state index contributed by atoms with van der Waals surface area (Å²) < 4.78 is 46.6. The number of aliphatic hydroxyl groups is 1. The van der Waals surface area contributed by atoms with Gasteiger partial charge >= 0.3 is 6.18 Å². The number of rotatable bonds is 1. The Bertz CT molecular complexity index is 946. The molecule has 0 radical (unpaired) electrons. The molecule has 7 nitrogen and oxygen atoms in total. The zero-order chi connectivity index (χ0) is 22.4. The molecule has 0 aromatic carbocycles. The number of hydrogen-bond acceptors (Lipinski definition) is 7. The van der Waals surface area contributed by atoms with Crippen molar-refractivity contribution in [2.45, 2.75) is 82.5 Å². The first kappa shape index (κ1) is 21.9. The number of fused-ring (bicyclic) bond motifs is 7. The lowest BCUT2D eigenvalue weighted by Crippen LogP contribution is -2.42. The van der Waals surface area contributed by atoms with Gasteiger partial charge in [-0.25, -0.2) is 4.98 Å². The molecule has 31 heavy (non-hydrogen) atoms. The molecule has 4 rings (SSSR count). The van der Waals surface area contributed by atoms with Gasteiger partial charge in [0.15, 0.2) is 5.69 Å². The van der Waals surface area contributed by atoms with Crippen LogP contribution in [0.5, 0.6) is 0 Å². The maximum absolute atomic E-state index is 13.8. The summed E-state index contributed by atoms with van der Waals surface area (Å²) in [6.07, 6.45) is -1.04. The Morgan fingerprint density at radius 3 is 2.65 bits per heavy atom. The SMILES string of the molecule is CC(C)c1cc(N)c2nc1N1CCC[C@H]1CCCCCC(O)(C(F)(F)F)c1nnc-2o1. The summed E-state index contributed by atoms with van der Waals surface area (Å²) in [4.78, 5) is 7.01. The highest BCUT2D eigenvalue weighted by molar-refractivity contribution is 5.71. The molecular formula is C21H28F3N5O2. The molecule has 3 N–H and O–H groups in total. The number of halogens is 3. The second-order valence-corrected chi connectivity index (χ2v) is 8.85. The minimum Gasteiger partial charge on any atom is -0.416 e. The monoisotopic (exact) mass is 439 g/mol. The van der Waals surface area contributed by atoms with Crippen LogP contribution in [0, 0.1) is 0 Å². The minimum atomic E-state index is -4.94. The summed E-state index contributed by atoms with van der Waals surface area (Å²) >= 11 is 0. The summed E-state index contributed by atoms with van der Waals surface area (Å²) in [6, 6.07) is 2.06. The zero-order valence-electron chi connectivity index (χ0n) is 17.7. The van der Waals surface area contributed by atoms with Crippen molar-refractivity contribution in [3.8, 4) is 11.6 Å². The van der Waals surface area contributed by atoms with Crippen LogP contribution in [0.2, 0.25) is 0 Å². The van der Waals surface area contributed by atoms with Crippen LogP contribution >= 0.6 is 0 Å². The van der Waals surface area contributed by atoms with E-state index in [0.29, 0.717) is 6.42 Å². The van der Waals surface area contributed by atoms with Crippen LogP contribution in [0.15, 0.2) is 10.5 Å². The second kappa shape index (κ2) is 7.96. The summed E-state index contributed by atoms with van der Waals surface area (Å²) in [7, 11) is 0. The summed E-state index contributed by atoms with van der Waals surface area (Å²) in [5.41, 5.74) is 4.38. The first-order valence-electron chi connectivity index (χ1n) is 10.8. The van der Waals surface area contributed by atoms with E-state index in [4.69, 9.17) is 15.1 Å². The van der Waals surface area contributed by atoms with Crippen LogP contribution in [-0.2, 0) is 5.60 Å². The number of pyridine rings is 1. The highest BCUT2D eigenvalue weighted by atomic mass is 19.4. The molecule has 2 aromatic heterocycles. The van der Waals surface area contributed by atoms with Crippen LogP contribution < -0.4 is 10.6 Å². The summed E-state index contributed by atoms with van der Waals surface area (Å²) in [5.74, 6) is -0.168. The number of nitrogens with two attached hydrogens (primary N) is 1. The fourth-order valence-electron chi connectivity index (χ4n) is 4.57. The lowest BCUT2D eigenvalue weighted by molar-refractivity contribution is -0.277. The summed E-state index contributed by atoms with van der Waals surface area (Å²) in [5, 5.41) is 17.8. The fourth-order valence-corrected chi connectivity index (χ4v) is 4.57. The number of aromatic nitrogens is 3. The van der Waals surface area contributed by atoms with E-state index < -0.39 is 24.1 Å². The Morgan fingerprint density at radius 2 is 1.94 bits per heavy atom. The van der Waals surface area contributed by atoms with Gasteiger partial charge in [-0.3, -0.25) is 0 Å². The van der Waals surface area contributed by atoms with Gasteiger partial charge < -0.3 is 20.2 Å². The van der Waals surface area contributed by atoms with E-state index in [0.717, 1.165) is 43.6 Å². The first-order valence-corrected chi connectivity index (χ1v) is 10.8. The van der Waals surface area contributed by atoms with Crippen LogP contribution in [0.3, 0.4) is 0 Å². The molecule has 2 aliphatic heterocycles. The van der Waals surface area contributed by atoms with Crippen molar-refractivity contribution < 1.29 is 22.7 Å². The van der Waals surface area contributed by atoms with Gasteiger partial charge in [0.1, 0.15) is 5.82 Å². The molecule has 10 heteroatoms. The van der Waals surface area contributed by atoms with E-state index >= 15 is 0 Å². The number of alkyl halides is 3. The average molecular weight is 439 g/mol. The van der Waals surface area contributed by atoms with E-state index in [1.165, 1.54) is 0 Å². The molecular weight excluding hydrogens is 411 g/mol. The van der Waals surface area contributed by atoms with Crippen molar-refractivity contribution >= 4 is 11.5 Å². The lowest BCUT2D eigenvalue weighted by Gasteiger charge is -2.30. The van der Waals surface area contributed by atoms with Gasteiger partial charge in [-0.05, 0) is 49.7 Å². The predicted octanol–water partition coefficient (Wildman–Crippen LogP) is 4.52. The Kier molecular flexibility index (Phi) is 5.61. The number of nitrogen functional groups attached to an aromatic ring is 1. The lowest BCUT2D eigenvalue weighted by atomic mass is 9.94. The Balaban J connectivity index is 1.87. The maximum Gasteiger partial charge on any atom is 0.426 e. The third-order valence-electron chi connectivity index (χ3n) is 6.36. The molecule has 2 atom stereocenters. The third-order valence-corrected chi connectivity index (χ3v) is 6.36. The number of anilines is 2. The van der Waals surface area contributed by atoms with Gasteiger partial charge in [-0.2, -0.15) is 13.2 Å². The molecule has 0 spiro atoms. The van der Waals surface area contributed by atoms with E-state index in [2.05, 4.69) is 28.9 Å². The van der Waals surface area contributed by atoms with Gasteiger partial charge in [0.05, 0.1) is 5.69 Å². The molecule has 1 saturated heterocycles. The topological polar surface area (TPSA) is 101 Å². The van der Waals surface area contributed by atoms with Gasteiger partial charge in [0.2, 0.25) is 5.60 Å². The van der Waals surface area contributed by atoms with Gasteiger partial charge in [0.25, 0.3) is 11.8 Å². The van der Waals surface area contributed by atoms with E-state index in [9.17, 15) is 18.3 Å². The number of hydrogen-bond donors (Lipinski definition) is 2. The second-order valence-electron chi connectivity index (χ2n) is 8.85. The average Bonchev–Trinajstić information content (AvgIpc) is 3.35. The normalized spacial score (nSPS) is 24.9. The predicted molar refractivity (Wildman–Crippen MR) is 109 cm³/mol. The Labute approximate surface area is 178 Å². The molecule has 4 heterocycles. The molecule has 0 amide bonds. The van der Waals surface area contributed by atoms with Crippen LogP contribution in [0.1, 0.15) is 76.2 Å². The standard InChI is InChI=1S/C21H28F3N5O2/c1-12(2)14-11-15(25)16-18-27-28-19(31-18)20(30,21(22,23)24)9-5-3-4-7-13-8-6-10-29(13)17(14)26-16/h11-13,30H,3-10,25H2,1-2H3/t13-,20?/m1/s1. The molecule has 0 aliphatic carbocycles. The largest absolute Gasteiger partial charge is 0.426 e. The molecule has 1 unspecified atom stereocenters. The molecule has 2 aromatic rings. The molecule has 1 fully saturated rings. The van der Waals surface area contributed by atoms with Crippen molar-refractivity contribution in [3.63, 3.8) is 0 Å². The fraction of sp³-hybridized carbons (Fsp3) is 0.667. The van der Waals surface area contributed by atoms with Crippen molar-refractivity contribution in [1.82, 2.24) is 15.2 Å². The van der Waals surface area contributed by atoms with Crippen molar-refractivity contribution in [3.05, 3.63) is 17.5 Å². The maximum atomic E-state index is 13.8. The highest BCUT2D eigenvalue weighted by Gasteiger charge is 2.58.